The van der Waals surface area contributed by atoms with Crippen LogP contribution < -0.4 is 0 Å². The summed E-state index contributed by atoms with van der Waals surface area (Å²) in [6, 6.07) is 0. The van der Waals surface area contributed by atoms with Crippen LogP contribution >= 0.6 is 0 Å². The Hall–Kier alpha value is -1.64. The summed E-state index contributed by atoms with van der Waals surface area (Å²) in [6.45, 7) is 4.03. The quantitative estimate of drug-likeness (QED) is 0.0199. The predicted octanol–water partition coefficient (Wildman–Crippen LogP) is 8.32. The fraction of sp³-hybridized carbons (Fsp3) is 0.917. The molecule has 12 nitrogen and oxygen atoms in total. The van der Waals surface area contributed by atoms with Crippen molar-refractivity contribution in [1.82, 2.24) is 0 Å². The smallest absolute Gasteiger partial charge is 0.305 e. The summed E-state index contributed by atoms with van der Waals surface area (Å²) in [5, 5.41) is 58.0. The second-order valence-corrected chi connectivity index (χ2v) is 17.2. The molecule has 2 saturated heterocycles. The third kappa shape index (κ3) is 29.6. The number of carbonyl (C=O) groups excluding carboxylic acids is 2. The van der Waals surface area contributed by atoms with Gasteiger partial charge in [-0.15, -0.1) is 0 Å². The van der Waals surface area contributed by atoms with Crippen molar-refractivity contribution >= 4 is 11.9 Å². The van der Waals surface area contributed by atoms with Crippen molar-refractivity contribution in [2.24, 2.45) is 0 Å². The van der Waals surface area contributed by atoms with Gasteiger partial charge in [-0.2, -0.15) is 0 Å². The van der Waals surface area contributed by atoms with Gasteiger partial charge in [0, 0.05) is 12.8 Å². The molecular weight excluding hydrogens is 769 g/mol. The molecular formula is C48H90O12. The zero-order valence-electron chi connectivity index (χ0n) is 37.9. The van der Waals surface area contributed by atoms with E-state index in [0.29, 0.717) is 12.8 Å². The SMILES string of the molecule is CCCCCCCC/C=C\CCCCCCCC(=O)OC[C@@H](O)[C@H]1OC[C@H](O)[C@H]1O.CCCCCCCCCCCCCCCCCC(=O)OC[C@@H](O)[C@H]1OC[C@H](O)[C@H]1O. The highest BCUT2D eigenvalue weighted by atomic mass is 16.6. The molecule has 0 aliphatic carbocycles. The zero-order chi connectivity index (χ0) is 44.1. The average molecular weight is 859 g/mol. The number of unbranched alkanes of at least 4 members (excludes halogenated alkanes) is 25. The summed E-state index contributed by atoms with van der Waals surface area (Å²) in [5.41, 5.74) is 0. The second-order valence-electron chi connectivity index (χ2n) is 17.2. The first-order chi connectivity index (χ1) is 29.1. The van der Waals surface area contributed by atoms with Gasteiger partial charge < -0.3 is 49.6 Å². The summed E-state index contributed by atoms with van der Waals surface area (Å²) in [5.74, 6) is -0.684. The molecule has 2 fully saturated rings. The normalized spacial score (nSPS) is 22.5. The van der Waals surface area contributed by atoms with Crippen LogP contribution in [0.3, 0.4) is 0 Å². The van der Waals surface area contributed by atoms with Crippen LogP contribution in [0.15, 0.2) is 12.2 Å². The molecule has 2 rings (SSSR count). The number of allylic oxidation sites excluding steroid dienone is 2. The molecule has 0 aromatic rings. The predicted molar refractivity (Wildman–Crippen MR) is 236 cm³/mol. The van der Waals surface area contributed by atoms with E-state index in [4.69, 9.17) is 18.9 Å². The first-order valence-electron chi connectivity index (χ1n) is 24.4. The minimum atomic E-state index is -1.15. The number of esters is 2. The lowest BCUT2D eigenvalue weighted by molar-refractivity contribution is -0.151. The van der Waals surface area contributed by atoms with Crippen LogP contribution in [0.25, 0.3) is 0 Å². The number of ether oxygens (including phenoxy) is 4. The van der Waals surface area contributed by atoms with Gasteiger partial charge in [-0.3, -0.25) is 9.59 Å². The molecule has 12 heteroatoms. The molecule has 6 N–H and O–H groups in total. The average Bonchev–Trinajstić information content (AvgIpc) is 3.76. The molecule has 0 aromatic heterocycles. The molecule has 354 valence electrons. The summed E-state index contributed by atoms with van der Waals surface area (Å²) >= 11 is 0. The van der Waals surface area contributed by atoms with Gasteiger partial charge in [0.15, 0.2) is 0 Å². The van der Waals surface area contributed by atoms with E-state index in [1.54, 1.807) is 0 Å². The van der Waals surface area contributed by atoms with Gasteiger partial charge >= 0.3 is 11.9 Å². The summed E-state index contributed by atoms with van der Waals surface area (Å²) < 4.78 is 20.3. The Morgan fingerprint density at radius 3 is 1.05 bits per heavy atom. The number of carbonyl (C=O) groups is 2. The number of aliphatic hydroxyl groups excluding tert-OH is 6. The third-order valence-corrected chi connectivity index (χ3v) is 11.6. The molecule has 0 radical (unpaired) electrons. The van der Waals surface area contributed by atoms with Crippen LogP contribution in [-0.4, -0.2) is 118 Å². The van der Waals surface area contributed by atoms with Crippen LogP contribution in [0.4, 0.5) is 0 Å². The molecule has 0 amide bonds. The topological polar surface area (TPSA) is 192 Å². The zero-order valence-corrected chi connectivity index (χ0v) is 37.9. The van der Waals surface area contributed by atoms with Crippen LogP contribution in [0.5, 0.6) is 0 Å². The maximum atomic E-state index is 11.8. The first-order valence-corrected chi connectivity index (χ1v) is 24.4. The molecule has 2 aliphatic heterocycles. The number of aliphatic hydroxyl groups is 6. The molecule has 0 aromatic carbocycles. The number of hydrogen-bond donors (Lipinski definition) is 6. The van der Waals surface area contributed by atoms with Crippen molar-refractivity contribution in [3.05, 3.63) is 12.2 Å². The Morgan fingerprint density at radius 1 is 0.483 bits per heavy atom. The van der Waals surface area contributed by atoms with E-state index in [0.717, 1.165) is 44.9 Å². The van der Waals surface area contributed by atoms with Gasteiger partial charge in [0.05, 0.1) is 13.2 Å². The lowest BCUT2D eigenvalue weighted by atomic mass is 10.0. The molecule has 60 heavy (non-hydrogen) atoms. The Morgan fingerprint density at radius 2 is 0.767 bits per heavy atom. The van der Waals surface area contributed by atoms with E-state index < -0.39 is 48.8 Å². The summed E-state index contributed by atoms with van der Waals surface area (Å²) in [6.07, 6.45) is 31.8. The van der Waals surface area contributed by atoms with Crippen molar-refractivity contribution in [3.8, 4) is 0 Å². The molecule has 8 atom stereocenters. The number of hydrogen-bond acceptors (Lipinski definition) is 12. The van der Waals surface area contributed by atoms with Crippen molar-refractivity contribution in [3.63, 3.8) is 0 Å². The van der Waals surface area contributed by atoms with E-state index >= 15 is 0 Å². The highest BCUT2D eigenvalue weighted by molar-refractivity contribution is 5.69. The first kappa shape index (κ1) is 56.4. The van der Waals surface area contributed by atoms with E-state index in [1.165, 1.54) is 135 Å². The second kappa shape index (κ2) is 39.0. The lowest BCUT2D eigenvalue weighted by Gasteiger charge is -2.20. The maximum absolute atomic E-state index is 11.8. The fourth-order valence-corrected chi connectivity index (χ4v) is 7.60. The van der Waals surface area contributed by atoms with E-state index in [-0.39, 0.29) is 38.4 Å². The Kier molecular flexibility index (Phi) is 36.6. The van der Waals surface area contributed by atoms with Gasteiger partial charge in [0.2, 0.25) is 0 Å². The minimum Gasteiger partial charge on any atom is -0.463 e. The van der Waals surface area contributed by atoms with Gasteiger partial charge in [-0.25, -0.2) is 0 Å². The van der Waals surface area contributed by atoms with E-state index in [1.807, 2.05) is 0 Å². The molecule has 2 heterocycles. The van der Waals surface area contributed by atoms with Crippen LogP contribution in [0.2, 0.25) is 0 Å². The van der Waals surface area contributed by atoms with Crippen molar-refractivity contribution in [1.29, 1.82) is 0 Å². The van der Waals surface area contributed by atoms with Crippen LogP contribution in [-0.2, 0) is 28.5 Å². The standard InChI is InChI=1S/C24H46O6.C24H44O6/c2*1-2-3-4-5-6-7-8-9-10-11-12-13-14-15-16-17-22(27)29-19-21(26)24-23(28)20(25)18-30-24/h20-21,23-26,28H,2-19H2,1H3;9-10,20-21,23-26,28H,2-8,11-19H2,1H3/b;10-9-/t2*20-,21+,23+,24+/m00/s1. The van der Waals surface area contributed by atoms with E-state index in [9.17, 15) is 40.2 Å². The highest BCUT2D eigenvalue weighted by Gasteiger charge is 2.40. The van der Waals surface area contributed by atoms with Crippen molar-refractivity contribution in [2.75, 3.05) is 26.4 Å². The minimum absolute atomic E-state index is 0.0179. The molecule has 0 saturated carbocycles. The van der Waals surface area contributed by atoms with E-state index in [2.05, 4.69) is 26.0 Å². The highest BCUT2D eigenvalue weighted by Crippen LogP contribution is 2.20. The third-order valence-electron chi connectivity index (χ3n) is 11.6. The fourth-order valence-electron chi connectivity index (χ4n) is 7.60. The Labute approximate surface area is 364 Å². The van der Waals surface area contributed by atoms with Gasteiger partial charge in [-0.1, -0.05) is 167 Å². The summed E-state index contributed by atoms with van der Waals surface area (Å²) in [4.78, 5) is 23.5. The van der Waals surface area contributed by atoms with Crippen molar-refractivity contribution < 1.29 is 59.2 Å². The van der Waals surface area contributed by atoms with Crippen LogP contribution in [0, 0.1) is 0 Å². The van der Waals surface area contributed by atoms with Crippen LogP contribution in [0.1, 0.15) is 206 Å². The Bertz CT molecular complexity index is 1030. The largest absolute Gasteiger partial charge is 0.463 e. The summed E-state index contributed by atoms with van der Waals surface area (Å²) in [7, 11) is 0. The molecule has 0 unspecified atom stereocenters. The molecule has 0 spiro atoms. The molecule has 0 bridgehead atoms. The maximum Gasteiger partial charge on any atom is 0.305 e. The Balaban J connectivity index is 0.000000600. The lowest BCUT2D eigenvalue weighted by Crippen LogP contribution is -2.41. The monoisotopic (exact) mass is 859 g/mol. The van der Waals surface area contributed by atoms with Crippen molar-refractivity contribution in [2.45, 2.75) is 255 Å². The van der Waals surface area contributed by atoms with Gasteiger partial charge in [0.1, 0.15) is 62.0 Å². The number of rotatable bonds is 37. The van der Waals surface area contributed by atoms with Gasteiger partial charge in [0.25, 0.3) is 0 Å². The van der Waals surface area contributed by atoms with Gasteiger partial charge in [-0.05, 0) is 38.5 Å². The molecule has 2 aliphatic rings.